The van der Waals surface area contributed by atoms with Crippen LogP contribution in [0.15, 0.2) is 0 Å². The smallest absolute Gasteiger partial charge is 0.243 e. The lowest BCUT2D eigenvalue weighted by Crippen LogP contribution is -2.57. The average Bonchev–Trinajstić information content (AvgIpc) is 2.01. The largest absolute Gasteiger partial charge is 0.318 e. The molecule has 5 heteroatoms. The Kier molecular flexibility index (Phi) is 3.60. The van der Waals surface area contributed by atoms with E-state index in [1.54, 1.807) is 11.9 Å². The van der Waals surface area contributed by atoms with Gasteiger partial charge in [-0.15, -0.1) is 0 Å². The normalized spacial score (nSPS) is 21.5. The third kappa shape index (κ3) is 2.30. The summed E-state index contributed by atoms with van der Waals surface area (Å²) >= 11 is 0. The summed E-state index contributed by atoms with van der Waals surface area (Å²) in [6.07, 6.45) is 0. The minimum absolute atomic E-state index is 0.0614. The van der Waals surface area contributed by atoms with Crippen LogP contribution >= 0.6 is 0 Å². The van der Waals surface area contributed by atoms with Crippen molar-refractivity contribution >= 4 is 11.8 Å². The van der Waals surface area contributed by atoms with Gasteiger partial charge in [0.25, 0.3) is 0 Å². The molecule has 14 heavy (non-hydrogen) atoms. The van der Waals surface area contributed by atoms with Crippen LogP contribution in [0.25, 0.3) is 0 Å². The third-order valence-corrected chi connectivity index (χ3v) is 2.29. The Morgan fingerprint density at radius 3 is 2.29 bits per heavy atom. The number of nitrogens with one attached hydrogen (secondary N) is 1. The van der Waals surface area contributed by atoms with Crippen LogP contribution in [-0.2, 0) is 9.59 Å². The van der Waals surface area contributed by atoms with Crippen LogP contribution in [0.4, 0.5) is 0 Å². The molecule has 5 nitrogen and oxygen atoms in total. The molecule has 1 saturated heterocycles. The predicted octanol–water partition coefficient (Wildman–Crippen LogP) is -1.11. The standard InChI is InChI=1S/C9H17N3O2/c1-7(4-10-2)12-8(13)5-11(3)6-9(12)14/h7,10H,4-6H2,1-3H3. The van der Waals surface area contributed by atoms with Gasteiger partial charge in [0.2, 0.25) is 11.8 Å². The van der Waals surface area contributed by atoms with Crippen molar-refractivity contribution in [2.45, 2.75) is 13.0 Å². The summed E-state index contributed by atoms with van der Waals surface area (Å²) in [6, 6.07) is -0.0614. The molecule has 1 N–H and O–H groups in total. The van der Waals surface area contributed by atoms with Crippen molar-refractivity contribution in [2.24, 2.45) is 0 Å². The van der Waals surface area contributed by atoms with Gasteiger partial charge >= 0.3 is 0 Å². The molecule has 0 aromatic heterocycles. The first-order chi connectivity index (χ1) is 6.56. The van der Waals surface area contributed by atoms with Crippen molar-refractivity contribution in [2.75, 3.05) is 33.7 Å². The SMILES string of the molecule is CNCC(C)N1C(=O)CN(C)CC1=O. The van der Waals surface area contributed by atoms with Crippen LogP contribution in [0.3, 0.4) is 0 Å². The van der Waals surface area contributed by atoms with Crippen LogP contribution in [0.2, 0.25) is 0 Å². The van der Waals surface area contributed by atoms with Crippen LogP contribution < -0.4 is 5.32 Å². The van der Waals surface area contributed by atoms with Crippen molar-refractivity contribution in [3.8, 4) is 0 Å². The lowest BCUT2D eigenvalue weighted by atomic mass is 10.2. The molecule has 0 saturated carbocycles. The quantitative estimate of drug-likeness (QED) is 0.586. The third-order valence-electron chi connectivity index (χ3n) is 2.29. The molecule has 1 heterocycles. The number of carbonyl (C=O) groups excluding carboxylic acids is 2. The lowest BCUT2D eigenvalue weighted by molar-refractivity contribution is -0.153. The molecule has 0 radical (unpaired) electrons. The fourth-order valence-corrected chi connectivity index (χ4v) is 1.69. The first-order valence-corrected chi connectivity index (χ1v) is 4.74. The molecule has 0 aliphatic carbocycles. The van der Waals surface area contributed by atoms with Gasteiger partial charge in [0, 0.05) is 12.6 Å². The van der Waals surface area contributed by atoms with Gasteiger partial charge in [-0.05, 0) is 21.0 Å². The molecule has 80 valence electrons. The van der Waals surface area contributed by atoms with Crippen LogP contribution in [-0.4, -0.2) is 61.4 Å². The van der Waals surface area contributed by atoms with Crippen molar-refractivity contribution in [3.05, 3.63) is 0 Å². The number of rotatable bonds is 3. The molecule has 1 fully saturated rings. The Labute approximate surface area is 84.0 Å². The van der Waals surface area contributed by atoms with E-state index >= 15 is 0 Å². The van der Waals surface area contributed by atoms with E-state index in [1.165, 1.54) is 4.90 Å². The van der Waals surface area contributed by atoms with Crippen molar-refractivity contribution in [1.29, 1.82) is 0 Å². The molecule has 0 aromatic rings. The van der Waals surface area contributed by atoms with Gasteiger partial charge in [-0.25, -0.2) is 0 Å². The Morgan fingerprint density at radius 2 is 1.86 bits per heavy atom. The number of amides is 2. The highest BCUT2D eigenvalue weighted by Crippen LogP contribution is 2.07. The monoisotopic (exact) mass is 199 g/mol. The highest BCUT2D eigenvalue weighted by molar-refractivity contribution is 5.99. The second-order valence-corrected chi connectivity index (χ2v) is 3.74. The van der Waals surface area contributed by atoms with E-state index in [1.807, 2.05) is 14.0 Å². The Hall–Kier alpha value is -0.940. The number of likely N-dealkylation sites (N-methyl/N-ethyl adjacent to an activating group) is 2. The van der Waals surface area contributed by atoms with Gasteiger partial charge < -0.3 is 5.32 Å². The zero-order valence-corrected chi connectivity index (χ0v) is 8.91. The van der Waals surface area contributed by atoms with Gasteiger partial charge in [-0.1, -0.05) is 0 Å². The summed E-state index contributed by atoms with van der Waals surface area (Å²) < 4.78 is 0. The Morgan fingerprint density at radius 1 is 1.36 bits per heavy atom. The summed E-state index contributed by atoms with van der Waals surface area (Å²) in [5.74, 6) is -0.210. The minimum atomic E-state index is -0.105. The molecule has 0 bridgehead atoms. The Balaban J connectivity index is 2.67. The minimum Gasteiger partial charge on any atom is -0.318 e. The maximum Gasteiger partial charge on any atom is 0.243 e. The number of hydrogen-bond acceptors (Lipinski definition) is 4. The number of hydrogen-bond donors (Lipinski definition) is 1. The molecule has 0 aromatic carbocycles. The number of carbonyl (C=O) groups is 2. The molecule has 1 aliphatic heterocycles. The van der Waals surface area contributed by atoms with Crippen LogP contribution in [0, 0.1) is 0 Å². The van der Waals surface area contributed by atoms with Gasteiger partial charge in [0.1, 0.15) is 0 Å². The number of piperazine rings is 1. The lowest BCUT2D eigenvalue weighted by Gasteiger charge is -2.34. The topological polar surface area (TPSA) is 52.7 Å². The molecular weight excluding hydrogens is 182 g/mol. The molecule has 2 amide bonds. The van der Waals surface area contributed by atoms with Crippen LogP contribution in [0.1, 0.15) is 6.92 Å². The van der Waals surface area contributed by atoms with Crippen molar-refractivity contribution < 1.29 is 9.59 Å². The highest BCUT2D eigenvalue weighted by atomic mass is 16.2. The van der Waals surface area contributed by atoms with E-state index in [2.05, 4.69) is 5.32 Å². The second-order valence-electron chi connectivity index (χ2n) is 3.74. The average molecular weight is 199 g/mol. The molecule has 0 spiro atoms. The molecule has 1 unspecified atom stereocenters. The zero-order valence-electron chi connectivity index (χ0n) is 8.91. The molecular formula is C9H17N3O2. The van der Waals surface area contributed by atoms with E-state index in [4.69, 9.17) is 0 Å². The van der Waals surface area contributed by atoms with Gasteiger partial charge in [-0.3, -0.25) is 19.4 Å². The summed E-state index contributed by atoms with van der Waals surface area (Å²) in [6.45, 7) is 3.18. The fraction of sp³-hybridized carbons (Fsp3) is 0.778. The fourth-order valence-electron chi connectivity index (χ4n) is 1.69. The predicted molar refractivity (Wildman–Crippen MR) is 52.7 cm³/mol. The maximum absolute atomic E-state index is 11.6. The summed E-state index contributed by atoms with van der Waals surface area (Å²) in [4.78, 5) is 26.2. The second kappa shape index (κ2) is 4.52. The first kappa shape index (κ1) is 11.1. The number of imide groups is 1. The van der Waals surface area contributed by atoms with Crippen LogP contribution in [0.5, 0.6) is 0 Å². The zero-order chi connectivity index (χ0) is 10.7. The first-order valence-electron chi connectivity index (χ1n) is 4.74. The Bertz CT molecular complexity index is 224. The molecule has 1 rings (SSSR count). The molecule has 1 aliphatic rings. The van der Waals surface area contributed by atoms with Gasteiger partial charge in [0.15, 0.2) is 0 Å². The summed E-state index contributed by atoms with van der Waals surface area (Å²) in [5.41, 5.74) is 0. The maximum atomic E-state index is 11.6. The summed E-state index contributed by atoms with van der Waals surface area (Å²) in [5, 5.41) is 2.96. The van der Waals surface area contributed by atoms with E-state index in [9.17, 15) is 9.59 Å². The van der Waals surface area contributed by atoms with E-state index in [-0.39, 0.29) is 17.9 Å². The van der Waals surface area contributed by atoms with Crippen molar-refractivity contribution in [1.82, 2.24) is 15.1 Å². The van der Waals surface area contributed by atoms with E-state index in [0.29, 0.717) is 19.6 Å². The summed E-state index contributed by atoms with van der Waals surface area (Å²) in [7, 11) is 3.58. The van der Waals surface area contributed by atoms with E-state index < -0.39 is 0 Å². The van der Waals surface area contributed by atoms with E-state index in [0.717, 1.165) is 0 Å². The van der Waals surface area contributed by atoms with Gasteiger partial charge in [-0.2, -0.15) is 0 Å². The van der Waals surface area contributed by atoms with Gasteiger partial charge in [0.05, 0.1) is 13.1 Å². The highest BCUT2D eigenvalue weighted by Gasteiger charge is 2.32. The number of nitrogens with zero attached hydrogens (tertiary/aromatic N) is 2. The van der Waals surface area contributed by atoms with Crippen molar-refractivity contribution in [3.63, 3.8) is 0 Å². The molecule has 1 atom stereocenters.